The van der Waals surface area contributed by atoms with Crippen LogP contribution >= 0.6 is 23.2 Å². The Labute approximate surface area is 130 Å². The highest BCUT2D eigenvalue weighted by atomic mass is 35.5. The second-order valence-electron chi connectivity index (χ2n) is 4.76. The zero-order valence-corrected chi connectivity index (χ0v) is 13.2. The van der Waals surface area contributed by atoms with E-state index < -0.39 is 0 Å². The lowest BCUT2D eigenvalue weighted by Crippen LogP contribution is -2.24. The molecule has 106 valence electrons. The molecule has 0 aliphatic carbocycles. The SMILES string of the molecule is CCNC(Cc1ccc(Cl)cc1Cl)c1ncccc1C. The Morgan fingerprint density at radius 3 is 2.70 bits per heavy atom. The number of aromatic nitrogens is 1. The van der Waals surface area contributed by atoms with Crippen LogP contribution in [0.3, 0.4) is 0 Å². The van der Waals surface area contributed by atoms with Crippen LogP contribution in [0.1, 0.15) is 29.8 Å². The van der Waals surface area contributed by atoms with Crippen LogP contribution < -0.4 is 5.32 Å². The van der Waals surface area contributed by atoms with Crippen LogP contribution in [0.15, 0.2) is 36.5 Å². The first-order valence-electron chi connectivity index (χ1n) is 6.70. The van der Waals surface area contributed by atoms with Crippen molar-refractivity contribution in [2.75, 3.05) is 6.54 Å². The molecule has 4 heteroatoms. The van der Waals surface area contributed by atoms with Gasteiger partial charge in [-0.3, -0.25) is 4.98 Å². The third-order valence-corrected chi connectivity index (χ3v) is 3.86. The smallest absolute Gasteiger partial charge is 0.0605 e. The number of nitrogens with one attached hydrogen (secondary N) is 1. The summed E-state index contributed by atoms with van der Waals surface area (Å²) in [6.07, 6.45) is 2.62. The van der Waals surface area contributed by atoms with Crippen molar-refractivity contribution in [3.05, 3.63) is 63.4 Å². The van der Waals surface area contributed by atoms with Crippen LogP contribution in [0.25, 0.3) is 0 Å². The topological polar surface area (TPSA) is 24.9 Å². The van der Waals surface area contributed by atoms with Gasteiger partial charge in [-0.15, -0.1) is 0 Å². The van der Waals surface area contributed by atoms with Gasteiger partial charge in [0.1, 0.15) is 0 Å². The number of halogens is 2. The molecular weight excluding hydrogens is 291 g/mol. The number of nitrogens with zero attached hydrogens (tertiary/aromatic N) is 1. The van der Waals surface area contributed by atoms with E-state index in [1.165, 1.54) is 5.56 Å². The standard InChI is InChI=1S/C16H18Cl2N2/c1-3-19-15(16-11(2)5-4-8-20-16)9-12-6-7-13(17)10-14(12)18/h4-8,10,15,19H,3,9H2,1-2H3. The molecule has 0 amide bonds. The Morgan fingerprint density at radius 1 is 1.25 bits per heavy atom. The van der Waals surface area contributed by atoms with Gasteiger partial charge in [-0.05, 0) is 49.2 Å². The van der Waals surface area contributed by atoms with E-state index in [4.69, 9.17) is 23.2 Å². The highest BCUT2D eigenvalue weighted by Gasteiger charge is 2.16. The Bertz CT molecular complexity index is 584. The molecule has 1 unspecified atom stereocenters. The van der Waals surface area contributed by atoms with Gasteiger partial charge in [-0.2, -0.15) is 0 Å². The van der Waals surface area contributed by atoms with Crippen molar-refractivity contribution < 1.29 is 0 Å². The fourth-order valence-electron chi connectivity index (χ4n) is 2.28. The molecule has 20 heavy (non-hydrogen) atoms. The maximum absolute atomic E-state index is 6.27. The molecule has 1 aromatic carbocycles. The third-order valence-electron chi connectivity index (χ3n) is 3.27. The predicted octanol–water partition coefficient (Wildman–Crippen LogP) is 4.59. The summed E-state index contributed by atoms with van der Waals surface area (Å²) >= 11 is 12.2. The molecular formula is C16H18Cl2N2. The molecule has 0 saturated carbocycles. The molecule has 2 nitrogen and oxygen atoms in total. The lowest BCUT2D eigenvalue weighted by molar-refractivity contribution is 0.534. The molecule has 0 radical (unpaired) electrons. The van der Waals surface area contributed by atoms with Gasteiger partial charge in [-0.1, -0.05) is 42.3 Å². The Kier molecular flexibility index (Phi) is 5.41. The number of aryl methyl sites for hydroxylation is 1. The van der Waals surface area contributed by atoms with E-state index in [-0.39, 0.29) is 6.04 Å². The Morgan fingerprint density at radius 2 is 2.05 bits per heavy atom. The molecule has 0 aliphatic heterocycles. The number of likely N-dealkylation sites (N-methyl/N-ethyl adjacent to an activating group) is 1. The quantitative estimate of drug-likeness (QED) is 0.874. The minimum absolute atomic E-state index is 0.153. The number of rotatable bonds is 5. The fourth-order valence-corrected chi connectivity index (χ4v) is 2.77. The van der Waals surface area contributed by atoms with Crippen LogP contribution in [0, 0.1) is 6.92 Å². The van der Waals surface area contributed by atoms with Crippen LogP contribution in [0.5, 0.6) is 0 Å². The second kappa shape index (κ2) is 7.07. The lowest BCUT2D eigenvalue weighted by Gasteiger charge is -2.20. The number of benzene rings is 1. The first kappa shape index (κ1) is 15.3. The average Bonchev–Trinajstić information content (AvgIpc) is 2.42. The minimum atomic E-state index is 0.153. The number of hydrogen-bond acceptors (Lipinski definition) is 2. The molecule has 1 heterocycles. The fraction of sp³-hybridized carbons (Fsp3) is 0.312. The molecule has 2 aromatic rings. The van der Waals surface area contributed by atoms with Gasteiger partial charge < -0.3 is 5.32 Å². The van der Waals surface area contributed by atoms with E-state index in [1.54, 1.807) is 6.07 Å². The summed E-state index contributed by atoms with van der Waals surface area (Å²) in [5, 5.41) is 4.84. The summed E-state index contributed by atoms with van der Waals surface area (Å²) in [5.41, 5.74) is 3.33. The maximum atomic E-state index is 6.27. The Balaban J connectivity index is 2.28. The van der Waals surface area contributed by atoms with E-state index in [2.05, 4.69) is 30.2 Å². The molecule has 1 atom stereocenters. The van der Waals surface area contributed by atoms with Crippen molar-refractivity contribution >= 4 is 23.2 Å². The average molecular weight is 309 g/mol. The largest absolute Gasteiger partial charge is 0.309 e. The van der Waals surface area contributed by atoms with E-state index in [1.807, 2.05) is 24.4 Å². The molecule has 0 fully saturated rings. The molecule has 0 aliphatic rings. The van der Waals surface area contributed by atoms with Crippen LogP contribution in [0.2, 0.25) is 10.0 Å². The summed E-state index contributed by atoms with van der Waals surface area (Å²) in [7, 11) is 0. The van der Waals surface area contributed by atoms with Gasteiger partial charge in [0, 0.05) is 16.2 Å². The summed E-state index contributed by atoms with van der Waals surface area (Å²) in [5.74, 6) is 0. The zero-order valence-electron chi connectivity index (χ0n) is 11.7. The van der Waals surface area contributed by atoms with E-state index in [0.717, 1.165) is 24.2 Å². The van der Waals surface area contributed by atoms with Crippen molar-refractivity contribution in [3.8, 4) is 0 Å². The first-order valence-corrected chi connectivity index (χ1v) is 7.46. The Hall–Kier alpha value is -1.09. The highest BCUT2D eigenvalue weighted by Crippen LogP contribution is 2.26. The van der Waals surface area contributed by atoms with Crippen molar-refractivity contribution in [1.82, 2.24) is 10.3 Å². The van der Waals surface area contributed by atoms with Gasteiger partial charge >= 0.3 is 0 Å². The van der Waals surface area contributed by atoms with Gasteiger partial charge in [0.2, 0.25) is 0 Å². The van der Waals surface area contributed by atoms with Gasteiger partial charge in [0.15, 0.2) is 0 Å². The van der Waals surface area contributed by atoms with E-state index in [0.29, 0.717) is 10.0 Å². The number of hydrogen-bond donors (Lipinski definition) is 1. The predicted molar refractivity (Wildman–Crippen MR) is 85.6 cm³/mol. The van der Waals surface area contributed by atoms with Gasteiger partial charge in [0.05, 0.1) is 11.7 Å². The molecule has 1 aromatic heterocycles. The van der Waals surface area contributed by atoms with E-state index >= 15 is 0 Å². The molecule has 0 bridgehead atoms. The highest BCUT2D eigenvalue weighted by molar-refractivity contribution is 6.35. The van der Waals surface area contributed by atoms with Gasteiger partial charge in [0.25, 0.3) is 0 Å². The lowest BCUT2D eigenvalue weighted by atomic mass is 10.00. The normalized spacial score (nSPS) is 12.4. The second-order valence-corrected chi connectivity index (χ2v) is 5.60. The summed E-state index contributed by atoms with van der Waals surface area (Å²) in [4.78, 5) is 4.51. The first-order chi connectivity index (χ1) is 9.61. The van der Waals surface area contributed by atoms with Crippen molar-refractivity contribution in [1.29, 1.82) is 0 Å². The maximum Gasteiger partial charge on any atom is 0.0605 e. The summed E-state index contributed by atoms with van der Waals surface area (Å²) in [6.45, 7) is 5.05. The van der Waals surface area contributed by atoms with Crippen molar-refractivity contribution in [3.63, 3.8) is 0 Å². The zero-order chi connectivity index (χ0) is 14.5. The number of pyridine rings is 1. The minimum Gasteiger partial charge on any atom is -0.309 e. The molecule has 0 spiro atoms. The monoisotopic (exact) mass is 308 g/mol. The van der Waals surface area contributed by atoms with Crippen molar-refractivity contribution in [2.45, 2.75) is 26.3 Å². The van der Waals surface area contributed by atoms with Crippen molar-refractivity contribution in [2.24, 2.45) is 0 Å². The van der Waals surface area contributed by atoms with Crippen LogP contribution in [0.4, 0.5) is 0 Å². The molecule has 1 N–H and O–H groups in total. The van der Waals surface area contributed by atoms with E-state index in [9.17, 15) is 0 Å². The van der Waals surface area contributed by atoms with Crippen LogP contribution in [-0.2, 0) is 6.42 Å². The van der Waals surface area contributed by atoms with Crippen LogP contribution in [-0.4, -0.2) is 11.5 Å². The molecule has 0 saturated heterocycles. The molecule has 2 rings (SSSR count). The summed E-state index contributed by atoms with van der Waals surface area (Å²) < 4.78 is 0. The summed E-state index contributed by atoms with van der Waals surface area (Å²) in [6, 6.07) is 9.82. The third kappa shape index (κ3) is 3.72. The van der Waals surface area contributed by atoms with Gasteiger partial charge in [-0.25, -0.2) is 0 Å².